The number of nitrogens with one attached hydrogen (secondary N) is 1. The molecule has 0 bridgehead atoms. The molecular formula is C18H32N2. The van der Waals surface area contributed by atoms with Crippen molar-refractivity contribution in [3.63, 3.8) is 0 Å². The Kier molecular flexibility index (Phi) is 8.56. The zero-order chi connectivity index (χ0) is 14.8. The van der Waals surface area contributed by atoms with Crippen LogP contribution in [0.3, 0.4) is 0 Å². The summed E-state index contributed by atoms with van der Waals surface area (Å²) in [5.41, 5.74) is 2.99. The molecule has 0 heterocycles. The summed E-state index contributed by atoms with van der Waals surface area (Å²) in [5.74, 6) is 0. The number of benzene rings is 1. The van der Waals surface area contributed by atoms with Crippen molar-refractivity contribution in [2.24, 2.45) is 0 Å². The lowest BCUT2D eigenvalue weighted by Gasteiger charge is -2.29. The maximum Gasteiger partial charge on any atom is 0.0239 e. The molecule has 0 saturated carbocycles. The fourth-order valence-electron chi connectivity index (χ4n) is 2.51. The van der Waals surface area contributed by atoms with Crippen LogP contribution in [-0.4, -0.2) is 31.1 Å². The van der Waals surface area contributed by atoms with Crippen molar-refractivity contribution in [2.45, 2.75) is 59.0 Å². The summed E-state index contributed by atoms with van der Waals surface area (Å²) in [5, 5.41) is 3.25. The van der Waals surface area contributed by atoms with E-state index in [4.69, 9.17) is 0 Å². The topological polar surface area (TPSA) is 15.3 Å². The summed E-state index contributed by atoms with van der Waals surface area (Å²) in [6.45, 7) is 10.3. The van der Waals surface area contributed by atoms with Crippen molar-refractivity contribution in [3.8, 4) is 0 Å². The Morgan fingerprint density at radius 1 is 1.15 bits per heavy atom. The van der Waals surface area contributed by atoms with E-state index in [1.165, 1.54) is 36.9 Å². The van der Waals surface area contributed by atoms with Gasteiger partial charge in [-0.15, -0.1) is 0 Å². The SMILES string of the molecule is CCCCN(Cc1ccccc1CCNC)C(C)CC. The van der Waals surface area contributed by atoms with E-state index in [2.05, 4.69) is 55.3 Å². The quantitative estimate of drug-likeness (QED) is 0.698. The van der Waals surface area contributed by atoms with E-state index < -0.39 is 0 Å². The molecule has 0 spiro atoms. The number of rotatable bonds is 10. The first kappa shape index (κ1) is 17.2. The van der Waals surface area contributed by atoms with Gasteiger partial charge in [-0.1, -0.05) is 44.5 Å². The molecule has 0 saturated heterocycles. The first-order valence-electron chi connectivity index (χ1n) is 8.18. The van der Waals surface area contributed by atoms with E-state index in [9.17, 15) is 0 Å². The molecule has 1 atom stereocenters. The summed E-state index contributed by atoms with van der Waals surface area (Å²) in [7, 11) is 2.02. The van der Waals surface area contributed by atoms with Crippen LogP contribution in [0.15, 0.2) is 24.3 Å². The molecule has 0 aliphatic carbocycles. The Balaban J connectivity index is 2.75. The van der Waals surface area contributed by atoms with E-state index in [-0.39, 0.29) is 0 Å². The molecule has 114 valence electrons. The normalized spacial score (nSPS) is 12.8. The van der Waals surface area contributed by atoms with Crippen LogP contribution in [0.4, 0.5) is 0 Å². The largest absolute Gasteiger partial charge is 0.319 e. The molecule has 0 aliphatic heterocycles. The van der Waals surface area contributed by atoms with Gasteiger partial charge in [-0.25, -0.2) is 0 Å². The van der Waals surface area contributed by atoms with Crippen molar-refractivity contribution in [1.29, 1.82) is 0 Å². The van der Waals surface area contributed by atoms with Gasteiger partial charge in [-0.05, 0) is 57.5 Å². The molecule has 1 aromatic carbocycles. The molecular weight excluding hydrogens is 244 g/mol. The van der Waals surface area contributed by atoms with E-state index in [1.54, 1.807) is 0 Å². The first-order chi connectivity index (χ1) is 9.72. The van der Waals surface area contributed by atoms with Crippen molar-refractivity contribution >= 4 is 0 Å². The van der Waals surface area contributed by atoms with Gasteiger partial charge in [0.15, 0.2) is 0 Å². The van der Waals surface area contributed by atoms with Crippen LogP contribution in [0.5, 0.6) is 0 Å². The third kappa shape index (κ3) is 5.64. The van der Waals surface area contributed by atoms with Gasteiger partial charge in [0.25, 0.3) is 0 Å². The molecule has 1 unspecified atom stereocenters. The highest BCUT2D eigenvalue weighted by Crippen LogP contribution is 2.16. The zero-order valence-electron chi connectivity index (χ0n) is 13.8. The standard InChI is InChI=1S/C18H32N2/c1-5-7-14-20(16(3)6-2)15-18-11-9-8-10-17(18)12-13-19-4/h8-11,16,19H,5-7,12-15H2,1-4H3. The molecule has 2 nitrogen and oxygen atoms in total. The number of hydrogen-bond donors (Lipinski definition) is 1. The van der Waals surface area contributed by atoms with Crippen LogP contribution >= 0.6 is 0 Å². The van der Waals surface area contributed by atoms with Gasteiger partial charge in [-0.2, -0.15) is 0 Å². The van der Waals surface area contributed by atoms with Gasteiger partial charge >= 0.3 is 0 Å². The Morgan fingerprint density at radius 3 is 2.45 bits per heavy atom. The van der Waals surface area contributed by atoms with E-state index in [1.807, 2.05) is 7.05 Å². The molecule has 1 N–H and O–H groups in total. The maximum atomic E-state index is 3.25. The molecule has 0 aromatic heterocycles. The minimum absolute atomic E-state index is 0.666. The Hall–Kier alpha value is -0.860. The fourth-order valence-corrected chi connectivity index (χ4v) is 2.51. The van der Waals surface area contributed by atoms with Crippen molar-refractivity contribution < 1.29 is 0 Å². The van der Waals surface area contributed by atoms with Crippen molar-refractivity contribution in [2.75, 3.05) is 20.1 Å². The van der Waals surface area contributed by atoms with Gasteiger partial charge in [0.1, 0.15) is 0 Å². The monoisotopic (exact) mass is 276 g/mol. The van der Waals surface area contributed by atoms with Crippen LogP contribution in [0.25, 0.3) is 0 Å². The molecule has 20 heavy (non-hydrogen) atoms. The van der Waals surface area contributed by atoms with E-state index in [0.29, 0.717) is 6.04 Å². The lowest BCUT2D eigenvalue weighted by molar-refractivity contribution is 0.191. The zero-order valence-corrected chi connectivity index (χ0v) is 13.8. The predicted molar refractivity (Wildman–Crippen MR) is 89.1 cm³/mol. The smallest absolute Gasteiger partial charge is 0.0239 e. The number of unbranched alkanes of at least 4 members (excludes halogenated alkanes) is 1. The van der Waals surface area contributed by atoms with E-state index >= 15 is 0 Å². The van der Waals surface area contributed by atoms with Gasteiger partial charge in [0.05, 0.1) is 0 Å². The number of likely N-dealkylation sites (N-methyl/N-ethyl adjacent to an activating group) is 1. The third-order valence-corrected chi connectivity index (χ3v) is 4.15. The highest BCUT2D eigenvalue weighted by molar-refractivity contribution is 5.27. The molecule has 1 rings (SSSR count). The van der Waals surface area contributed by atoms with Crippen LogP contribution in [-0.2, 0) is 13.0 Å². The second-order valence-corrected chi connectivity index (χ2v) is 5.70. The lowest BCUT2D eigenvalue weighted by atomic mass is 10.0. The highest BCUT2D eigenvalue weighted by atomic mass is 15.1. The maximum absolute atomic E-state index is 3.25. The van der Waals surface area contributed by atoms with Crippen LogP contribution in [0, 0.1) is 0 Å². The summed E-state index contributed by atoms with van der Waals surface area (Å²) in [6.07, 6.45) is 4.91. The number of nitrogens with zero attached hydrogens (tertiary/aromatic N) is 1. The first-order valence-corrected chi connectivity index (χ1v) is 8.18. The minimum atomic E-state index is 0.666. The Bertz CT molecular complexity index is 362. The molecule has 0 radical (unpaired) electrons. The predicted octanol–water partition coefficient (Wildman–Crippen LogP) is 3.85. The molecule has 1 aromatic rings. The summed E-state index contributed by atoms with van der Waals surface area (Å²) in [6, 6.07) is 9.58. The second kappa shape index (κ2) is 9.95. The van der Waals surface area contributed by atoms with Crippen LogP contribution in [0.2, 0.25) is 0 Å². The minimum Gasteiger partial charge on any atom is -0.319 e. The second-order valence-electron chi connectivity index (χ2n) is 5.70. The third-order valence-electron chi connectivity index (χ3n) is 4.15. The lowest BCUT2D eigenvalue weighted by Crippen LogP contribution is -2.33. The molecule has 2 heteroatoms. The van der Waals surface area contributed by atoms with Crippen molar-refractivity contribution in [3.05, 3.63) is 35.4 Å². The average molecular weight is 276 g/mol. The van der Waals surface area contributed by atoms with Gasteiger partial charge in [0.2, 0.25) is 0 Å². The average Bonchev–Trinajstić information content (AvgIpc) is 2.49. The fraction of sp³-hybridized carbons (Fsp3) is 0.667. The van der Waals surface area contributed by atoms with Crippen molar-refractivity contribution in [1.82, 2.24) is 10.2 Å². The van der Waals surface area contributed by atoms with Gasteiger partial charge in [0, 0.05) is 12.6 Å². The summed E-state index contributed by atoms with van der Waals surface area (Å²) in [4.78, 5) is 2.64. The molecule has 0 aliphatic rings. The van der Waals surface area contributed by atoms with Gasteiger partial charge in [-0.3, -0.25) is 4.90 Å². The number of hydrogen-bond acceptors (Lipinski definition) is 2. The molecule has 0 amide bonds. The molecule has 0 fully saturated rings. The Labute approximate surface area is 125 Å². The summed E-state index contributed by atoms with van der Waals surface area (Å²) < 4.78 is 0. The van der Waals surface area contributed by atoms with Crippen LogP contribution < -0.4 is 5.32 Å². The van der Waals surface area contributed by atoms with E-state index in [0.717, 1.165) is 19.5 Å². The summed E-state index contributed by atoms with van der Waals surface area (Å²) >= 11 is 0. The van der Waals surface area contributed by atoms with Crippen LogP contribution in [0.1, 0.15) is 51.2 Å². The highest BCUT2D eigenvalue weighted by Gasteiger charge is 2.13. The van der Waals surface area contributed by atoms with Gasteiger partial charge < -0.3 is 5.32 Å². The Morgan fingerprint density at radius 2 is 1.85 bits per heavy atom.